The molecular formula is C102H106Cl3F3N12O20. The molecule has 0 spiro atoms. The van der Waals surface area contributed by atoms with E-state index in [2.05, 4.69) is 72.3 Å². The van der Waals surface area contributed by atoms with Gasteiger partial charge in [0.05, 0.1) is 153 Å². The van der Waals surface area contributed by atoms with Crippen molar-refractivity contribution in [1.29, 1.82) is 0 Å². The van der Waals surface area contributed by atoms with Crippen LogP contribution in [0.2, 0.25) is 15.1 Å². The van der Waals surface area contributed by atoms with Crippen LogP contribution in [-0.4, -0.2) is 297 Å². The molecule has 9 fully saturated rings. The van der Waals surface area contributed by atoms with E-state index in [1.54, 1.807) is 11.8 Å². The SMILES string of the molecule is CC(=O)N1CC=C(c2ccc(-c3nc4cc(O[C@@H]5CO[C@H]6[C@@H]5OC[C@H]6O)[nH]c4cc3Cl)cc2)CC1.CC(C)(C(=O)O)C1CCC(Oc2cc3nc(-c4ccc(N5CCOCC5)cc4)c(Cl)cc3[nH]2)CC1.O=C(CO)N1CC=C(c2ccc(-c3nc4cc(O[C@@H]5CO[C@H]6[C@@H]5OC[C@H]6O)[nH]c4cc3Cl)cc2)CC1.O[C@@H]1CO[C@H]2[C@@H]1OC[C@H]2Oc1cc2nc(-c3c(F)cc(N4CCOCC4)cc3F)c(F)cc2[nH]1. The predicted molar refractivity (Wildman–Crippen MR) is 516 cm³/mol. The Morgan fingerprint density at radius 3 is 1.17 bits per heavy atom. The summed E-state index contributed by atoms with van der Waals surface area (Å²) in [6.45, 7) is 14.2. The molecule has 23 rings (SSSR count). The van der Waals surface area contributed by atoms with Crippen molar-refractivity contribution in [2.75, 3.05) is 135 Å². The Kier molecular flexibility index (Phi) is 28.3. The second-order valence-corrected chi connectivity index (χ2v) is 38.4. The molecule has 32 nitrogen and oxygen atoms in total. The van der Waals surface area contributed by atoms with E-state index in [9.17, 15) is 48.0 Å². The van der Waals surface area contributed by atoms with Crippen molar-refractivity contribution in [3.8, 4) is 68.5 Å². The zero-order valence-corrected chi connectivity index (χ0v) is 79.1. The van der Waals surface area contributed by atoms with Crippen molar-refractivity contribution < 1.29 is 110 Å². The quantitative estimate of drug-likeness (QED) is 0.0363. The van der Waals surface area contributed by atoms with Crippen molar-refractivity contribution in [3.05, 3.63) is 189 Å². The van der Waals surface area contributed by atoms with Crippen LogP contribution in [0, 0.1) is 28.8 Å². The Balaban J connectivity index is 0.000000115. The molecule has 12 aromatic rings. The number of aromatic nitrogens is 8. The molecule has 8 saturated heterocycles. The lowest BCUT2D eigenvalue weighted by Gasteiger charge is -2.36. The number of H-pyrrole nitrogens is 4. The minimum atomic E-state index is -0.898. The fourth-order valence-corrected chi connectivity index (χ4v) is 20.8. The highest BCUT2D eigenvalue weighted by Gasteiger charge is 2.52. The summed E-state index contributed by atoms with van der Waals surface area (Å²) in [7, 11) is 0. The summed E-state index contributed by atoms with van der Waals surface area (Å²) < 4.78 is 113. The number of carbonyl (C=O) groups is 3. The number of nitrogens with one attached hydrogen (secondary N) is 4. The van der Waals surface area contributed by atoms with Crippen molar-refractivity contribution in [2.45, 2.75) is 139 Å². The number of carboxylic acids is 1. The number of carbonyl (C=O) groups excluding carboxylic acids is 2. The van der Waals surface area contributed by atoms with Crippen LogP contribution in [0.25, 0.3) is 100 Å². The predicted octanol–water partition coefficient (Wildman–Crippen LogP) is 14.0. The van der Waals surface area contributed by atoms with Gasteiger partial charge in [-0.1, -0.05) is 108 Å². The van der Waals surface area contributed by atoms with Crippen LogP contribution in [0.5, 0.6) is 23.5 Å². The Hall–Kier alpha value is -11.5. The van der Waals surface area contributed by atoms with Crippen molar-refractivity contribution in [3.63, 3.8) is 0 Å². The summed E-state index contributed by atoms with van der Waals surface area (Å²) in [4.78, 5) is 73.6. The summed E-state index contributed by atoms with van der Waals surface area (Å²) >= 11 is 19.8. The van der Waals surface area contributed by atoms with Crippen LogP contribution in [-0.2, 0) is 52.3 Å². The molecule has 0 bridgehead atoms. The largest absolute Gasteiger partial charge is 0.481 e. The van der Waals surface area contributed by atoms with Gasteiger partial charge in [-0.3, -0.25) is 14.4 Å². The fourth-order valence-electron chi connectivity index (χ4n) is 20.0. The second kappa shape index (κ2) is 41.2. The van der Waals surface area contributed by atoms with E-state index >= 15 is 0 Å². The molecule has 4 aromatic carbocycles. The second-order valence-electron chi connectivity index (χ2n) is 37.2. The highest BCUT2D eigenvalue weighted by molar-refractivity contribution is 6.34. The van der Waals surface area contributed by atoms with Gasteiger partial charge in [-0.05, 0) is 123 Å². The lowest BCUT2D eigenvalue weighted by Crippen LogP contribution is -2.37. The highest BCUT2D eigenvalue weighted by atomic mass is 35.5. The number of ether oxygens (including phenoxy) is 12. The molecule has 11 aliphatic rings. The molecule has 8 aromatic heterocycles. The Labute approximate surface area is 816 Å². The topological polar surface area (TPSA) is 391 Å². The smallest absolute Gasteiger partial charge is 0.309 e. The number of aliphatic carboxylic acids is 1. The summed E-state index contributed by atoms with van der Waals surface area (Å²) in [5.41, 5.74) is 14.6. The molecule has 0 unspecified atom stereocenters. The number of aliphatic hydroxyl groups excluding tert-OH is 4. The van der Waals surface area contributed by atoms with E-state index in [-0.39, 0.29) is 98.3 Å². The van der Waals surface area contributed by atoms with Crippen molar-refractivity contribution in [2.24, 2.45) is 11.3 Å². The number of carboxylic acid groups (broad SMARTS) is 1. The van der Waals surface area contributed by atoms with Crippen LogP contribution < -0.4 is 28.7 Å². The van der Waals surface area contributed by atoms with Gasteiger partial charge in [0.1, 0.15) is 85.0 Å². The number of amides is 2. The molecule has 1 saturated carbocycles. The molecule has 1 aliphatic carbocycles. The first-order valence-corrected chi connectivity index (χ1v) is 48.3. The first-order valence-electron chi connectivity index (χ1n) is 47.1. The van der Waals surface area contributed by atoms with Crippen molar-refractivity contribution >= 4 is 119 Å². The molecule has 38 heteroatoms. The molecule has 12 atom stereocenters. The normalized spacial score (nSPS) is 25.0. The van der Waals surface area contributed by atoms with Gasteiger partial charge in [0, 0.05) is 118 Å². The zero-order chi connectivity index (χ0) is 96.9. The third kappa shape index (κ3) is 20.4. The maximum absolute atomic E-state index is 15.0. The average molecular weight is 1980 g/mol. The number of pyridine rings is 4. The Morgan fingerprint density at radius 1 is 0.436 bits per heavy atom. The number of aliphatic hydroxyl groups is 4. The lowest BCUT2D eigenvalue weighted by molar-refractivity contribution is -0.151. The number of hydrogen-bond acceptors (Lipinski definition) is 25. The van der Waals surface area contributed by atoms with Gasteiger partial charge >= 0.3 is 5.97 Å². The van der Waals surface area contributed by atoms with Crippen LogP contribution in [0.3, 0.4) is 0 Å². The van der Waals surface area contributed by atoms with E-state index < -0.39 is 83.3 Å². The van der Waals surface area contributed by atoms with Crippen molar-refractivity contribution in [1.82, 2.24) is 49.7 Å². The Bertz CT molecular complexity index is 6600. The summed E-state index contributed by atoms with van der Waals surface area (Å²) in [6.07, 6.45) is 3.96. The third-order valence-corrected chi connectivity index (χ3v) is 28.9. The molecular weight excluding hydrogens is 1880 g/mol. The summed E-state index contributed by atoms with van der Waals surface area (Å²) in [5.74, 6) is -1.33. The number of nitrogens with zero attached hydrogens (tertiary/aromatic N) is 8. The molecule has 18 heterocycles. The van der Waals surface area contributed by atoms with Gasteiger partial charge in [0.15, 0.2) is 47.6 Å². The van der Waals surface area contributed by atoms with E-state index in [1.807, 2.05) is 103 Å². The summed E-state index contributed by atoms with van der Waals surface area (Å²) in [6, 6.07) is 40.8. The minimum Gasteiger partial charge on any atom is -0.481 e. The number of benzene rings is 4. The molecule has 0 radical (unpaired) electrons. The number of anilines is 2. The molecule has 9 N–H and O–H groups in total. The van der Waals surface area contributed by atoms with Gasteiger partial charge in [-0.25, -0.2) is 33.1 Å². The van der Waals surface area contributed by atoms with E-state index in [4.69, 9.17) is 112 Å². The van der Waals surface area contributed by atoms with Gasteiger partial charge < -0.3 is 122 Å². The average Bonchev–Trinajstić information content (AvgIpc) is 1.60. The molecule has 10 aliphatic heterocycles. The number of aromatic amines is 4. The lowest BCUT2D eigenvalue weighted by atomic mass is 9.70. The Morgan fingerprint density at radius 2 is 0.793 bits per heavy atom. The van der Waals surface area contributed by atoms with E-state index in [0.29, 0.717) is 114 Å². The van der Waals surface area contributed by atoms with Gasteiger partial charge in [0.25, 0.3) is 0 Å². The van der Waals surface area contributed by atoms with Gasteiger partial charge in [-0.15, -0.1) is 0 Å². The molecule has 2 amide bonds. The maximum Gasteiger partial charge on any atom is 0.309 e. The fraction of sp³-hybridized carbons (Fsp3) is 0.422. The van der Waals surface area contributed by atoms with Crippen LogP contribution in [0.15, 0.2) is 146 Å². The first-order chi connectivity index (χ1) is 67.7. The standard InChI is InChI=1S/C27H32ClN3O4.C26H26ClN3O6.C26H26ClN3O5.C23H22F3N3O5/c1-27(2,26(32)33)18-5-9-20(10-6-18)35-24-16-23-22(29-24)15-21(28)25(30-23)17-3-7-19(8-4-17)31-11-13-34-14-12-31;27-17-9-18-19(10-22(28-18)36-21-13-35-25-20(32)12-34-26(21)25)29-24(17)16-3-1-14(2-4-16)15-5-7-30(8-6-15)23(33)11-31;1-14(31)30-8-6-16(7-9-30)15-2-4-17(5-3-15)24-18(27)10-19-20(29-24)11-23(28-19)35-22-13-34-25-21(32)12-33-26(22)25;24-12-5-11(29-1-3-31-4-2-29)6-13(25)20(12)21-14(26)7-15-16(28-21)8-19(27-15)34-18-10-33-22-17(30)9-32-23(18)22/h3-4,7-8,15-16,18,20,29H,5-6,9-14H2,1-2H3,(H,32,33);1-5,9-10,20-21,25-26,28,31-32H,6-8,11-13H2;2-6,10-11,21-22,25-26,28,32H,7-9,12-13H2,1H3;5-8,17-18,22-23,27,30H,1-4,9-10H2/t;20-,21-,25-,26-;21-,22-,25-,26-;17-,18-,22-,23-/m.111/s1. The first kappa shape index (κ1) is 96.0. The highest BCUT2D eigenvalue weighted by Crippen LogP contribution is 2.44. The van der Waals surface area contributed by atoms with Gasteiger partial charge in [-0.2, -0.15) is 0 Å². The maximum atomic E-state index is 15.0. The molecule has 736 valence electrons. The molecule has 140 heavy (non-hydrogen) atoms. The number of hydrogen-bond donors (Lipinski definition) is 9. The number of halogens is 6. The van der Waals surface area contributed by atoms with Crippen LogP contribution in [0.4, 0.5) is 24.5 Å². The minimum absolute atomic E-state index is 0.0616. The number of fused-ring (bicyclic) bond motifs is 7. The third-order valence-electron chi connectivity index (χ3n) is 28.0. The van der Waals surface area contributed by atoms with E-state index in [0.717, 1.165) is 144 Å². The number of morpholine rings is 2. The number of rotatable bonds is 19. The zero-order valence-electron chi connectivity index (χ0n) is 76.8. The van der Waals surface area contributed by atoms with Crippen LogP contribution in [0.1, 0.15) is 70.4 Å². The van der Waals surface area contributed by atoms with E-state index in [1.165, 1.54) is 35.0 Å². The summed E-state index contributed by atoms with van der Waals surface area (Å²) in [5, 5.41) is 49.9. The van der Waals surface area contributed by atoms with Crippen LogP contribution >= 0.6 is 34.8 Å². The monoisotopic (exact) mass is 1980 g/mol. The van der Waals surface area contributed by atoms with Gasteiger partial charge in [0.2, 0.25) is 11.8 Å².